The fourth-order valence-electron chi connectivity index (χ4n) is 1.78. The van der Waals surface area contributed by atoms with E-state index in [1.165, 1.54) is 13.2 Å². The number of rotatable bonds is 4. The number of hydrogen-bond donors (Lipinski definition) is 1. The van der Waals surface area contributed by atoms with Gasteiger partial charge in [0.15, 0.2) is 11.6 Å². The molecule has 2 aromatic rings. The predicted octanol–water partition coefficient (Wildman–Crippen LogP) is 3.23. The lowest BCUT2D eigenvalue weighted by Gasteiger charge is -2.13. The maximum absolute atomic E-state index is 13.3. The van der Waals surface area contributed by atoms with E-state index in [0.29, 0.717) is 6.42 Å². The zero-order valence-corrected chi connectivity index (χ0v) is 12.0. The summed E-state index contributed by atoms with van der Waals surface area (Å²) >= 11 is 3.33. The Labute approximate surface area is 119 Å². The van der Waals surface area contributed by atoms with E-state index < -0.39 is 0 Å². The number of pyridine rings is 1. The van der Waals surface area contributed by atoms with Gasteiger partial charge >= 0.3 is 0 Å². The summed E-state index contributed by atoms with van der Waals surface area (Å²) in [4.78, 5) is 4.27. The highest BCUT2D eigenvalue weighted by molar-refractivity contribution is 9.10. The number of nitrogens with zero attached hydrogens (tertiary/aromatic N) is 1. The van der Waals surface area contributed by atoms with E-state index in [1.54, 1.807) is 18.3 Å². The van der Waals surface area contributed by atoms with Crippen LogP contribution in [0.4, 0.5) is 4.39 Å². The Morgan fingerprint density at radius 3 is 2.79 bits per heavy atom. The van der Waals surface area contributed by atoms with Crippen molar-refractivity contribution in [2.24, 2.45) is 5.73 Å². The molecular weight excluding hydrogens is 311 g/mol. The molecule has 0 fully saturated rings. The molecule has 2 N–H and O–H groups in total. The highest BCUT2D eigenvalue weighted by Gasteiger charge is 2.11. The van der Waals surface area contributed by atoms with Gasteiger partial charge in [0.25, 0.3) is 0 Å². The molecule has 0 aliphatic heterocycles. The minimum Gasteiger partial charge on any atom is -0.494 e. The second-order valence-electron chi connectivity index (χ2n) is 4.17. The molecule has 0 bridgehead atoms. The van der Waals surface area contributed by atoms with Crippen molar-refractivity contribution in [2.45, 2.75) is 12.5 Å². The van der Waals surface area contributed by atoms with Crippen LogP contribution in [0.1, 0.15) is 17.3 Å². The van der Waals surface area contributed by atoms with E-state index in [0.717, 1.165) is 15.7 Å². The van der Waals surface area contributed by atoms with Crippen LogP contribution >= 0.6 is 15.9 Å². The molecule has 0 spiro atoms. The topological polar surface area (TPSA) is 48.1 Å². The van der Waals surface area contributed by atoms with Crippen molar-refractivity contribution in [1.29, 1.82) is 0 Å². The molecule has 19 heavy (non-hydrogen) atoms. The van der Waals surface area contributed by atoms with Crippen molar-refractivity contribution in [2.75, 3.05) is 7.11 Å². The van der Waals surface area contributed by atoms with Crippen molar-refractivity contribution in [1.82, 2.24) is 4.98 Å². The second-order valence-corrected chi connectivity index (χ2v) is 5.09. The van der Waals surface area contributed by atoms with Crippen LogP contribution in [0.15, 0.2) is 41.0 Å². The average molecular weight is 325 g/mol. The van der Waals surface area contributed by atoms with Crippen molar-refractivity contribution < 1.29 is 9.13 Å². The molecule has 0 aliphatic carbocycles. The van der Waals surface area contributed by atoms with E-state index in [9.17, 15) is 4.39 Å². The minimum absolute atomic E-state index is 0.205. The van der Waals surface area contributed by atoms with Gasteiger partial charge in [0.1, 0.15) is 0 Å². The first kappa shape index (κ1) is 14.0. The van der Waals surface area contributed by atoms with Crippen LogP contribution < -0.4 is 10.5 Å². The lowest BCUT2D eigenvalue weighted by atomic mass is 10.0. The van der Waals surface area contributed by atoms with Gasteiger partial charge in [0, 0.05) is 28.8 Å². The summed E-state index contributed by atoms with van der Waals surface area (Å²) in [6.07, 6.45) is 2.31. The molecule has 1 unspecified atom stereocenters. The number of hydrogen-bond acceptors (Lipinski definition) is 3. The first-order chi connectivity index (χ1) is 9.10. The maximum Gasteiger partial charge on any atom is 0.165 e. The van der Waals surface area contributed by atoms with Crippen molar-refractivity contribution in [3.8, 4) is 5.75 Å². The van der Waals surface area contributed by atoms with Crippen LogP contribution in [0.5, 0.6) is 5.75 Å². The Morgan fingerprint density at radius 1 is 1.37 bits per heavy atom. The molecule has 1 atom stereocenters. The third-order valence-corrected chi connectivity index (χ3v) is 3.29. The Hall–Kier alpha value is -1.46. The van der Waals surface area contributed by atoms with Crippen LogP contribution in [0.25, 0.3) is 0 Å². The zero-order valence-electron chi connectivity index (χ0n) is 10.4. The number of nitrogens with two attached hydrogens (primary N) is 1. The van der Waals surface area contributed by atoms with E-state index in [1.807, 2.05) is 12.1 Å². The molecule has 0 saturated heterocycles. The molecule has 100 valence electrons. The Kier molecular flexibility index (Phi) is 4.50. The van der Waals surface area contributed by atoms with Gasteiger partial charge in [-0.25, -0.2) is 4.39 Å². The van der Waals surface area contributed by atoms with Gasteiger partial charge in [0.2, 0.25) is 0 Å². The Bertz CT molecular complexity index is 560. The van der Waals surface area contributed by atoms with Gasteiger partial charge in [-0.3, -0.25) is 4.98 Å². The molecule has 0 saturated carbocycles. The lowest BCUT2D eigenvalue weighted by molar-refractivity contribution is 0.385. The molecule has 1 aromatic heterocycles. The summed E-state index contributed by atoms with van der Waals surface area (Å²) in [5, 5.41) is 0. The molecular formula is C14H14BrFN2O. The second kappa shape index (κ2) is 6.12. The number of halogens is 2. The maximum atomic E-state index is 13.3. The smallest absolute Gasteiger partial charge is 0.165 e. The Morgan fingerprint density at radius 2 is 2.16 bits per heavy atom. The van der Waals surface area contributed by atoms with E-state index in [-0.39, 0.29) is 17.6 Å². The largest absolute Gasteiger partial charge is 0.494 e. The van der Waals surface area contributed by atoms with Crippen LogP contribution in [-0.2, 0) is 6.42 Å². The average Bonchev–Trinajstić information content (AvgIpc) is 2.42. The fourth-order valence-corrected chi connectivity index (χ4v) is 2.01. The lowest BCUT2D eigenvalue weighted by Crippen LogP contribution is -2.14. The first-order valence-corrected chi connectivity index (χ1v) is 6.59. The third kappa shape index (κ3) is 3.52. The molecule has 1 heterocycles. The van der Waals surface area contributed by atoms with Crippen LogP contribution in [0.2, 0.25) is 0 Å². The highest BCUT2D eigenvalue weighted by atomic mass is 79.9. The molecule has 0 amide bonds. The number of ether oxygens (including phenoxy) is 1. The van der Waals surface area contributed by atoms with Crippen molar-refractivity contribution >= 4 is 15.9 Å². The molecule has 0 radical (unpaired) electrons. The van der Waals surface area contributed by atoms with Crippen LogP contribution in [-0.4, -0.2) is 12.1 Å². The number of aromatic nitrogens is 1. The molecule has 2 rings (SSSR count). The molecule has 5 heteroatoms. The SMILES string of the molecule is COc1cc(C(N)Cc2ccc(Br)cn2)ccc1F. The summed E-state index contributed by atoms with van der Waals surface area (Å²) in [6.45, 7) is 0. The van der Waals surface area contributed by atoms with Gasteiger partial charge in [0.05, 0.1) is 7.11 Å². The van der Waals surface area contributed by atoms with Crippen molar-refractivity contribution in [3.63, 3.8) is 0 Å². The predicted molar refractivity (Wildman–Crippen MR) is 75.5 cm³/mol. The van der Waals surface area contributed by atoms with Gasteiger partial charge in [-0.05, 0) is 45.8 Å². The summed E-state index contributed by atoms with van der Waals surface area (Å²) < 4.78 is 19.2. The molecule has 1 aromatic carbocycles. The third-order valence-electron chi connectivity index (χ3n) is 2.82. The van der Waals surface area contributed by atoms with Crippen LogP contribution in [0, 0.1) is 5.82 Å². The summed E-state index contributed by atoms with van der Waals surface area (Å²) in [5.41, 5.74) is 7.82. The van der Waals surface area contributed by atoms with Gasteiger partial charge in [-0.2, -0.15) is 0 Å². The minimum atomic E-state index is -0.389. The van der Waals surface area contributed by atoms with E-state index in [4.69, 9.17) is 10.5 Å². The first-order valence-electron chi connectivity index (χ1n) is 5.79. The normalized spacial score (nSPS) is 12.2. The number of benzene rings is 1. The summed E-state index contributed by atoms with van der Waals surface area (Å²) in [6, 6.07) is 8.23. The standard InChI is InChI=1S/C14H14BrFN2O/c1-19-14-6-9(2-5-12(14)16)13(17)7-11-4-3-10(15)8-18-11/h2-6,8,13H,7,17H2,1H3. The van der Waals surface area contributed by atoms with Gasteiger partial charge in [-0.1, -0.05) is 6.07 Å². The number of methoxy groups -OCH3 is 1. The quantitative estimate of drug-likeness (QED) is 0.939. The van der Waals surface area contributed by atoms with E-state index >= 15 is 0 Å². The molecule has 3 nitrogen and oxygen atoms in total. The van der Waals surface area contributed by atoms with Crippen molar-refractivity contribution in [3.05, 3.63) is 58.1 Å². The molecule has 0 aliphatic rings. The zero-order chi connectivity index (χ0) is 13.8. The van der Waals surface area contributed by atoms with Gasteiger partial charge in [-0.15, -0.1) is 0 Å². The summed E-state index contributed by atoms with van der Waals surface area (Å²) in [5.74, 6) is -0.183. The highest BCUT2D eigenvalue weighted by Crippen LogP contribution is 2.23. The van der Waals surface area contributed by atoms with Gasteiger partial charge < -0.3 is 10.5 Å². The van der Waals surface area contributed by atoms with E-state index in [2.05, 4.69) is 20.9 Å². The fraction of sp³-hybridized carbons (Fsp3) is 0.214. The summed E-state index contributed by atoms with van der Waals surface area (Å²) in [7, 11) is 1.43. The Balaban J connectivity index is 2.15. The van der Waals surface area contributed by atoms with Crippen LogP contribution in [0.3, 0.4) is 0 Å². The monoisotopic (exact) mass is 324 g/mol.